The van der Waals surface area contributed by atoms with Gasteiger partial charge in [0.2, 0.25) is 0 Å². The Morgan fingerprint density at radius 3 is 2.55 bits per heavy atom. The van der Waals surface area contributed by atoms with Crippen LogP contribution in [0.1, 0.15) is 34.3 Å². The number of imidazole rings is 1. The number of rotatable bonds is 4. The first-order chi connectivity index (χ1) is 14.7. The van der Waals surface area contributed by atoms with E-state index in [4.69, 9.17) is 10.5 Å². The van der Waals surface area contributed by atoms with Crippen molar-refractivity contribution in [3.05, 3.63) is 58.4 Å². The smallest absolute Gasteiger partial charge is 0.378 e. The number of aliphatic hydroxyl groups is 1. The van der Waals surface area contributed by atoms with Crippen molar-refractivity contribution in [1.29, 1.82) is 0 Å². The molecule has 31 heavy (non-hydrogen) atoms. The van der Waals surface area contributed by atoms with Gasteiger partial charge in [0.25, 0.3) is 0 Å². The number of hydrogen-bond donors (Lipinski definition) is 2. The first-order valence-electron chi connectivity index (χ1n) is 10.1. The van der Waals surface area contributed by atoms with Gasteiger partial charge in [0.1, 0.15) is 12.1 Å². The van der Waals surface area contributed by atoms with E-state index in [-0.39, 0.29) is 12.1 Å². The van der Waals surface area contributed by atoms with Crippen LogP contribution in [0.2, 0.25) is 0 Å². The maximum Gasteiger partial charge on any atom is 0.416 e. The third kappa shape index (κ3) is 4.13. The predicted molar refractivity (Wildman–Crippen MR) is 112 cm³/mol. The molecule has 0 radical (unpaired) electrons. The van der Waals surface area contributed by atoms with Crippen LogP contribution in [0.25, 0.3) is 11.0 Å². The summed E-state index contributed by atoms with van der Waals surface area (Å²) in [7, 11) is 0. The molecule has 1 aliphatic rings. The molecule has 1 aromatic heterocycles. The first-order valence-corrected chi connectivity index (χ1v) is 10.1. The summed E-state index contributed by atoms with van der Waals surface area (Å²) in [6.45, 7) is 6.10. The van der Waals surface area contributed by atoms with Gasteiger partial charge in [-0.3, -0.25) is 0 Å². The number of halogens is 3. The second-order valence-electron chi connectivity index (χ2n) is 7.78. The molecule has 1 atom stereocenters. The van der Waals surface area contributed by atoms with E-state index in [0.29, 0.717) is 48.8 Å². The Morgan fingerprint density at radius 2 is 1.90 bits per heavy atom. The van der Waals surface area contributed by atoms with Gasteiger partial charge in [-0.1, -0.05) is 12.1 Å². The van der Waals surface area contributed by atoms with Gasteiger partial charge in [0.15, 0.2) is 0 Å². The molecule has 0 bridgehead atoms. The van der Waals surface area contributed by atoms with Crippen molar-refractivity contribution in [2.24, 2.45) is 5.73 Å². The number of fused-ring (bicyclic) bond motifs is 1. The molecule has 2 aromatic carbocycles. The number of aromatic nitrogens is 2. The van der Waals surface area contributed by atoms with Gasteiger partial charge in [-0.15, -0.1) is 0 Å². The number of nitrogens with two attached hydrogens (primary N) is 1. The van der Waals surface area contributed by atoms with Crippen molar-refractivity contribution in [3.63, 3.8) is 0 Å². The lowest BCUT2D eigenvalue weighted by Gasteiger charge is -2.29. The van der Waals surface area contributed by atoms with Crippen LogP contribution >= 0.6 is 0 Å². The monoisotopic (exact) mass is 434 g/mol. The van der Waals surface area contributed by atoms with Crippen LogP contribution in [-0.2, 0) is 17.5 Å². The molecule has 1 unspecified atom stereocenters. The van der Waals surface area contributed by atoms with Crippen molar-refractivity contribution in [2.45, 2.75) is 32.8 Å². The van der Waals surface area contributed by atoms with Crippen LogP contribution < -0.4 is 10.6 Å². The van der Waals surface area contributed by atoms with E-state index in [9.17, 15) is 18.3 Å². The number of aliphatic hydroxyl groups excluding tert-OH is 1. The second kappa shape index (κ2) is 8.14. The molecule has 0 saturated carbocycles. The van der Waals surface area contributed by atoms with Crippen LogP contribution in [0.5, 0.6) is 0 Å². The molecular weight excluding hydrogens is 409 g/mol. The Hall–Kier alpha value is -2.62. The Balaban J connectivity index is 1.83. The summed E-state index contributed by atoms with van der Waals surface area (Å²) < 4.78 is 47.4. The number of benzene rings is 2. The Morgan fingerprint density at radius 1 is 1.19 bits per heavy atom. The van der Waals surface area contributed by atoms with Crippen molar-refractivity contribution in [1.82, 2.24) is 9.55 Å². The van der Waals surface area contributed by atoms with Gasteiger partial charge in [-0.05, 0) is 43.2 Å². The minimum atomic E-state index is -4.41. The number of ether oxygens (including phenoxy) is 1. The highest BCUT2D eigenvalue weighted by Crippen LogP contribution is 2.34. The van der Waals surface area contributed by atoms with Gasteiger partial charge >= 0.3 is 6.18 Å². The van der Waals surface area contributed by atoms with Crippen LogP contribution in [0.3, 0.4) is 0 Å². The normalized spacial score (nSPS) is 16.2. The molecule has 1 saturated heterocycles. The van der Waals surface area contributed by atoms with E-state index >= 15 is 0 Å². The van der Waals surface area contributed by atoms with E-state index in [2.05, 4.69) is 9.88 Å². The minimum Gasteiger partial charge on any atom is -0.378 e. The molecule has 3 N–H and O–H groups in total. The molecule has 0 amide bonds. The van der Waals surface area contributed by atoms with Crippen molar-refractivity contribution in [2.75, 3.05) is 31.2 Å². The zero-order valence-corrected chi connectivity index (χ0v) is 17.4. The molecule has 6 nitrogen and oxygen atoms in total. The zero-order chi connectivity index (χ0) is 22.3. The second-order valence-corrected chi connectivity index (χ2v) is 7.78. The number of morpholine rings is 1. The third-order valence-electron chi connectivity index (χ3n) is 5.83. The molecule has 166 valence electrons. The average molecular weight is 434 g/mol. The molecule has 4 rings (SSSR count). The fourth-order valence-electron chi connectivity index (χ4n) is 4.11. The first kappa shape index (κ1) is 21.6. The fraction of sp³-hybridized carbons (Fsp3) is 0.409. The van der Waals surface area contributed by atoms with Gasteiger partial charge < -0.3 is 25.0 Å². The van der Waals surface area contributed by atoms with Gasteiger partial charge in [-0.2, -0.15) is 13.2 Å². The van der Waals surface area contributed by atoms with Crippen molar-refractivity contribution < 1.29 is 23.0 Å². The summed E-state index contributed by atoms with van der Waals surface area (Å²) in [5, 5.41) is 10.2. The average Bonchev–Trinajstić information content (AvgIpc) is 3.03. The molecule has 3 aromatic rings. The quantitative estimate of drug-likeness (QED) is 0.615. The maximum absolute atomic E-state index is 13.4. The molecule has 9 heteroatoms. The Kier molecular flexibility index (Phi) is 5.67. The minimum absolute atomic E-state index is 0.194. The summed E-state index contributed by atoms with van der Waals surface area (Å²) in [6.07, 6.45) is -5.63. The molecule has 1 aliphatic heterocycles. The summed E-state index contributed by atoms with van der Waals surface area (Å²) >= 11 is 0. The van der Waals surface area contributed by atoms with Gasteiger partial charge in [-0.25, -0.2) is 4.98 Å². The van der Waals surface area contributed by atoms with Crippen molar-refractivity contribution in [3.8, 4) is 0 Å². The van der Waals surface area contributed by atoms with Crippen LogP contribution in [-0.4, -0.2) is 41.0 Å². The largest absolute Gasteiger partial charge is 0.416 e. The van der Waals surface area contributed by atoms with E-state index in [1.807, 2.05) is 16.7 Å². The van der Waals surface area contributed by atoms with Gasteiger partial charge in [0, 0.05) is 30.9 Å². The maximum atomic E-state index is 13.4. The topological polar surface area (TPSA) is 76.5 Å². The summed E-state index contributed by atoms with van der Waals surface area (Å²) in [4.78, 5) is 6.71. The van der Waals surface area contributed by atoms with Crippen molar-refractivity contribution >= 4 is 16.7 Å². The lowest BCUT2D eigenvalue weighted by atomic mass is 10.0. The third-order valence-corrected chi connectivity index (χ3v) is 5.83. The lowest BCUT2D eigenvalue weighted by molar-refractivity contribution is -0.138. The molecule has 0 spiro atoms. The van der Waals surface area contributed by atoms with Gasteiger partial charge in [0.05, 0.1) is 29.8 Å². The standard InChI is InChI=1S/C22H25F3N4O2/c1-13-15(4-3-5-18(13)22(23,24)25)12-29-14(2)27-20-17(21(26)30)10-16(11-19(20)29)28-6-8-31-9-7-28/h3-5,10-11,21,30H,6-9,12,26H2,1-2H3. The molecular formula is C22H25F3N4O2. The molecule has 2 heterocycles. The van der Waals surface area contributed by atoms with E-state index in [1.54, 1.807) is 13.0 Å². The highest BCUT2D eigenvalue weighted by atomic mass is 19.4. The summed E-state index contributed by atoms with van der Waals surface area (Å²) in [6, 6.07) is 7.99. The van der Waals surface area contributed by atoms with Crippen LogP contribution in [0.4, 0.5) is 18.9 Å². The van der Waals surface area contributed by atoms with E-state index < -0.39 is 18.0 Å². The van der Waals surface area contributed by atoms with E-state index in [1.165, 1.54) is 13.0 Å². The number of anilines is 1. The fourth-order valence-corrected chi connectivity index (χ4v) is 4.11. The lowest BCUT2D eigenvalue weighted by Crippen LogP contribution is -2.36. The van der Waals surface area contributed by atoms with E-state index in [0.717, 1.165) is 17.3 Å². The SMILES string of the molecule is Cc1c(Cn2c(C)nc3c(C(N)O)cc(N4CCOCC4)cc32)cccc1C(F)(F)F. The number of alkyl halides is 3. The molecule has 1 fully saturated rings. The Labute approximate surface area is 178 Å². The summed E-state index contributed by atoms with van der Waals surface area (Å²) in [5.41, 5.74) is 8.56. The van der Waals surface area contributed by atoms with Crippen LogP contribution in [0.15, 0.2) is 30.3 Å². The number of nitrogens with zero attached hydrogens (tertiary/aromatic N) is 3. The summed E-state index contributed by atoms with van der Waals surface area (Å²) in [5.74, 6) is 0.632. The highest BCUT2D eigenvalue weighted by Gasteiger charge is 2.33. The zero-order valence-electron chi connectivity index (χ0n) is 17.4. The highest BCUT2D eigenvalue weighted by molar-refractivity contribution is 5.84. The van der Waals surface area contributed by atoms with Crippen LogP contribution in [0, 0.1) is 13.8 Å². The predicted octanol–water partition coefficient (Wildman–Crippen LogP) is 3.51. The number of aryl methyl sites for hydroxylation is 1. The Bertz CT molecular complexity index is 1100. The molecule has 0 aliphatic carbocycles. The number of hydrogen-bond acceptors (Lipinski definition) is 5.